The lowest BCUT2D eigenvalue weighted by atomic mass is 10.0. The van der Waals surface area contributed by atoms with E-state index in [0.29, 0.717) is 24.7 Å². The van der Waals surface area contributed by atoms with Crippen LogP contribution < -0.4 is 15.4 Å². The standard InChI is InChI=1S/C23H27ClN2O2.2ClH/c1-17(27)14-25-12-13-26-15-21-20-8-4-2-6-18(20)10-11-23(21)28-16-19-7-3-5-9-22(19)24;;/h2-11,17,25-27H,12-16H2,1H3;2*1H. The van der Waals surface area contributed by atoms with Crippen molar-refractivity contribution in [2.24, 2.45) is 0 Å². The van der Waals surface area contributed by atoms with Crippen LogP contribution in [0.3, 0.4) is 0 Å². The van der Waals surface area contributed by atoms with E-state index in [-0.39, 0.29) is 30.9 Å². The second-order valence-electron chi connectivity index (χ2n) is 6.87. The van der Waals surface area contributed by atoms with E-state index in [4.69, 9.17) is 16.3 Å². The maximum absolute atomic E-state index is 9.31. The minimum Gasteiger partial charge on any atom is -0.488 e. The number of ether oxygens (including phenoxy) is 1. The number of hydrogen-bond donors (Lipinski definition) is 3. The summed E-state index contributed by atoms with van der Waals surface area (Å²) in [4.78, 5) is 0. The Labute approximate surface area is 195 Å². The molecule has 1 atom stereocenters. The van der Waals surface area contributed by atoms with Gasteiger partial charge in [0, 0.05) is 42.3 Å². The first-order valence-corrected chi connectivity index (χ1v) is 9.99. The molecule has 0 aliphatic heterocycles. The highest BCUT2D eigenvalue weighted by atomic mass is 35.5. The number of hydrogen-bond acceptors (Lipinski definition) is 4. The molecule has 0 radical (unpaired) electrons. The van der Waals surface area contributed by atoms with Gasteiger partial charge in [-0.3, -0.25) is 0 Å². The number of benzene rings is 3. The second-order valence-corrected chi connectivity index (χ2v) is 7.28. The Balaban J connectivity index is 0.00000225. The molecule has 164 valence electrons. The van der Waals surface area contributed by atoms with Crippen molar-refractivity contribution in [1.29, 1.82) is 0 Å². The Morgan fingerprint density at radius 2 is 1.63 bits per heavy atom. The van der Waals surface area contributed by atoms with E-state index in [1.165, 1.54) is 10.8 Å². The van der Waals surface area contributed by atoms with Gasteiger partial charge >= 0.3 is 0 Å². The van der Waals surface area contributed by atoms with Crippen molar-refractivity contribution in [3.63, 3.8) is 0 Å². The van der Waals surface area contributed by atoms with Crippen LogP contribution in [0.15, 0.2) is 60.7 Å². The summed E-state index contributed by atoms with van der Waals surface area (Å²) >= 11 is 6.26. The zero-order valence-electron chi connectivity index (χ0n) is 16.9. The van der Waals surface area contributed by atoms with Gasteiger partial charge in [-0.05, 0) is 29.8 Å². The average Bonchev–Trinajstić information content (AvgIpc) is 2.70. The number of halogens is 3. The van der Waals surface area contributed by atoms with Gasteiger partial charge in [-0.25, -0.2) is 0 Å². The van der Waals surface area contributed by atoms with Crippen molar-refractivity contribution in [2.45, 2.75) is 26.2 Å². The van der Waals surface area contributed by atoms with Crippen LogP contribution in [0.5, 0.6) is 5.75 Å². The highest BCUT2D eigenvalue weighted by Crippen LogP contribution is 2.29. The van der Waals surface area contributed by atoms with E-state index in [0.717, 1.165) is 30.0 Å². The van der Waals surface area contributed by atoms with Gasteiger partial charge in [0.2, 0.25) is 0 Å². The van der Waals surface area contributed by atoms with Crippen LogP contribution in [-0.4, -0.2) is 30.8 Å². The second kappa shape index (κ2) is 13.7. The van der Waals surface area contributed by atoms with Gasteiger partial charge < -0.3 is 20.5 Å². The molecule has 1 unspecified atom stereocenters. The molecule has 0 fully saturated rings. The molecule has 3 aromatic carbocycles. The van der Waals surface area contributed by atoms with Crippen molar-refractivity contribution in [3.05, 3.63) is 76.8 Å². The van der Waals surface area contributed by atoms with Crippen LogP contribution >= 0.6 is 36.4 Å². The third kappa shape index (κ3) is 7.62. The van der Waals surface area contributed by atoms with Crippen LogP contribution in [-0.2, 0) is 13.2 Å². The Morgan fingerprint density at radius 1 is 0.933 bits per heavy atom. The molecular weight excluding hydrogens is 443 g/mol. The zero-order valence-corrected chi connectivity index (χ0v) is 19.3. The molecule has 0 amide bonds. The molecule has 0 spiro atoms. The number of aliphatic hydroxyl groups is 1. The van der Waals surface area contributed by atoms with Crippen molar-refractivity contribution in [3.8, 4) is 5.75 Å². The van der Waals surface area contributed by atoms with E-state index in [9.17, 15) is 5.11 Å². The van der Waals surface area contributed by atoms with Gasteiger partial charge in [-0.2, -0.15) is 0 Å². The third-order valence-corrected chi connectivity index (χ3v) is 4.93. The van der Waals surface area contributed by atoms with E-state index in [1.54, 1.807) is 6.92 Å². The summed E-state index contributed by atoms with van der Waals surface area (Å²) < 4.78 is 6.15. The van der Waals surface area contributed by atoms with E-state index in [2.05, 4.69) is 28.8 Å². The fourth-order valence-electron chi connectivity index (χ4n) is 3.11. The topological polar surface area (TPSA) is 53.5 Å². The first kappa shape index (κ1) is 26.5. The lowest BCUT2D eigenvalue weighted by Gasteiger charge is -2.16. The SMILES string of the molecule is CC(O)CNCCNCc1c(OCc2ccccc2Cl)ccc2ccccc12.Cl.Cl. The maximum atomic E-state index is 9.31. The molecule has 0 saturated heterocycles. The molecular formula is C23H29Cl3N2O2. The number of rotatable bonds is 10. The summed E-state index contributed by atoms with van der Waals surface area (Å²) in [6.07, 6.45) is -0.331. The molecule has 0 aromatic heterocycles. The number of aliphatic hydroxyl groups excluding tert-OH is 1. The highest BCUT2D eigenvalue weighted by Gasteiger charge is 2.10. The minimum absolute atomic E-state index is 0. The van der Waals surface area contributed by atoms with Gasteiger partial charge in [0.1, 0.15) is 12.4 Å². The van der Waals surface area contributed by atoms with Gasteiger partial charge in [0.25, 0.3) is 0 Å². The van der Waals surface area contributed by atoms with Crippen LogP contribution in [0, 0.1) is 0 Å². The lowest BCUT2D eigenvalue weighted by Crippen LogP contribution is -2.31. The van der Waals surface area contributed by atoms with Crippen LogP contribution in [0.2, 0.25) is 5.02 Å². The Morgan fingerprint density at radius 3 is 2.40 bits per heavy atom. The van der Waals surface area contributed by atoms with Gasteiger partial charge in [0.05, 0.1) is 6.10 Å². The summed E-state index contributed by atoms with van der Waals surface area (Å²) in [7, 11) is 0. The molecule has 4 nitrogen and oxygen atoms in total. The van der Waals surface area contributed by atoms with Crippen LogP contribution in [0.25, 0.3) is 10.8 Å². The molecule has 0 aliphatic carbocycles. The van der Waals surface area contributed by atoms with Gasteiger partial charge in [-0.1, -0.05) is 60.1 Å². The predicted molar refractivity (Wildman–Crippen MR) is 130 cm³/mol. The van der Waals surface area contributed by atoms with Crippen molar-refractivity contribution in [1.82, 2.24) is 10.6 Å². The van der Waals surface area contributed by atoms with Crippen molar-refractivity contribution >= 4 is 47.2 Å². The van der Waals surface area contributed by atoms with Crippen molar-refractivity contribution in [2.75, 3.05) is 19.6 Å². The minimum atomic E-state index is -0.331. The predicted octanol–water partition coefficient (Wildman–Crippen LogP) is 4.98. The summed E-state index contributed by atoms with van der Waals surface area (Å²) in [5, 5.41) is 19.1. The molecule has 3 aromatic rings. The summed E-state index contributed by atoms with van der Waals surface area (Å²) in [6, 6.07) is 20.2. The average molecular weight is 472 g/mol. The zero-order chi connectivity index (χ0) is 19.8. The summed E-state index contributed by atoms with van der Waals surface area (Å²) in [5.74, 6) is 0.864. The molecule has 0 saturated carbocycles. The Hall–Kier alpha value is -1.53. The molecule has 3 N–H and O–H groups in total. The van der Waals surface area contributed by atoms with Gasteiger partial charge in [-0.15, -0.1) is 24.8 Å². The van der Waals surface area contributed by atoms with E-state index in [1.807, 2.05) is 42.5 Å². The normalized spacial score (nSPS) is 11.4. The highest BCUT2D eigenvalue weighted by molar-refractivity contribution is 6.31. The fraction of sp³-hybridized carbons (Fsp3) is 0.304. The first-order valence-electron chi connectivity index (χ1n) is 9.61. The molecule has 7 heteroatoms. The molecule has 3 rings (SSSR count). The third-order valence-electron chi connectivity index (χ3n) is 4.56. The lowest BCUT2D eigenvalue weighted by molar-refractivity contribution is 0.191. The Kier molecular flexibility index (Phi) is 12.1. The molecule has 30 heavy (non-hydrogen) atoms. The van der Waals surface area contributed by atoms with Crippen molar-refractivity contribution < 1.29 is 9.84 Å². The largest absolute Gasteiger partial charge is 0.488 e. The van der Waals surface area contributed by atoms with Gasteiger partial charge in [0.15, 0.2) is 0 Å². The summed E-state index contributed by atoms with van der Waals surface area (Å²) in [5.41, 5.74) is 2.11. The molecule has 0 heterocycles. The smallest absolute Gasteiger partial charge is 0.124 e. The Bertz CT molecular complexity index is 907. The van der Waals surface area contributed by atoms with Crippen LogP contribution in [0.4, 0.5) is 0 Å². The molecule has 0 aliphatic rings. The monoisotopic (exact) mass is 470 g/mol. The number of fused-ring (bicyclic) bond motifs is 1. The fourth-order valence-corrected chi connectivity index (χ4v) is 3.30. The van der Waals surface area contributed by atoms with E-state index >= 15 is 0 Å². The number of nitrogens with one attached hydrogen (secondary N) is 2. The quantitative estimate of drug-likeness (QED) is 0.365. The summed E-state index contributed by atoms with van der Waals surface area (Å²) in [6.45, 7) is 5.11. The molecule has 0 bridgehead atoms. The maximum Gasteiger partial charge on any atom is 0.124 e. The van der Waals surface area contributed by atoms with Crippen LogP contribution in [0.1, 0.15) is 18.1 Å². The van der Waals surface area contributed by atoms with E-state index < -0.39 is 0 Å². The first-order chi connectivity index (χ1) is 13.6.